The summed E-state index contributed by atoms with van der Waals surface area (Å²) in [5.41, 5.74) is -0.101. The van der Waals surface area contributed by atoms with Gasteiger partial charge in [-0.15, -0.1) is 0 Å². The number of nitrogens with zero attached hydrogens (tertiary/aromatic N) is 2. The first-order chi connectivity index (χ1) is 9.70. The third kappa shape index (κ3) is 2.82. The van der Waals surface area contributed by atoms with Crippen LogP contribution < -0.4 is 0 Å². The van der Waals surface area contributed by atoms with Crippen molar-refractivity contribution in [3.8, 4) is 0 Å². The molecule has 0 aliphatic heterocycles. The Kier molecular flexibility index (Phi) is 4.64. The Balaban J connectivity index is 2.12. The van der Waals surface area contributed by atoms with Crippen molar-refractivity contribution in [1.82, 2.24) is 5.01 Å². The molecule has 2 saturated carbocycles. The molecule has 2 fully saturated rings. The van der Waals surface area contributed by atoms with Crippen LogP contribution in [0.3, 0.4) is 0 Å². The lowest BCUT2D eigenvalue weighted by Crippen LogP contribution is -2.43. The fraction of sp³-hybridized carbons (Fsp3) is 0.812. The van der Waals surface area contributed by atoms with E-state index in [4.69, 9.17) is 0 Å². The van der Waals surface area contributed by atoms with Crippen molar-refractivity contribution >= 4 is 17.0 Å². The van der Waals surface area contributed by atoms with Crippen LogP contribution in [0.25, 0.3) is 0 Å². The van der Waals surface area contributed by atoms with Crippen molar-refractivity contribution < 1.29 is 9.32 Å². The predicted octanol–water partition coefficient (Wildman–Crippen LogP) is 2.37. The van der Waals surface area contributed by atoms with E-state index in [2.05, 4.69) is 18.9 Å². The molecule has 2 rings (SSSR count). The quantitative estimate of drug-likeness (QED) is 0.626. The Labute approximate surface area is 130 Å². The predicted molar refractivity (Wildman–Crippen MR) is 88.5 cm³/mol. The minimum atomic E-state index is -1.06. The topological polar surface area (TPSA) is 52.9 Å². The van der Waals surface area contributed by atoms with E-state index in [1.54, 1.807) is 11.2 Å². The average Bonchev–Trinajstić information content (AvgIpc) is 2.72. The highest BCUT2D eigenvalue weighted by atomic mass is 32.2. The second-order valence-electron chi connectivity index (χ2n) is 7.24. The molecule has 0 amide bonds. The van der Waals surface area contributed by atoms with Gasteiger partial charge >= 0.3 is 0 Å². The van der Waals surface area contributed by atoms with E-state index in [9.17, 15) is 9.32 Å². The van der Waals surface area contributed by atoms with Gasteiger partial charge in [0.1, 0.15) is 0 Å². The fourth-order valence-electron chi connectivity index (χ4n) is 4.07. The van der Waals surface area contributed by atoms with E-state index in [1.165, 1.54) is 0 Å². The summed E-state index contributed by atoms with van der Waals surface area (Å²) >= 11 is 0. The molecule has 0 aromatic carbocycles. The monoisotopic (exact) mass is 312 g/mol. The van der Waals surface area contributed by atoms with Gasteiger partial charge in [-0.25, -0.2) is 0 Å². The van der Waals surface area contributed by atoms with Crippen molar-refractivity contribution in [2.45, 2.75) is 46.1 Å². The van der Waals surface area contributed by atoms with Crippen LogP contribution in [-0.2, 0) is 10.8 Å². The summed E-state index contributed by atoms with van der Waals surface area (Å²) in [5.74, 6) is 1.14. The van der Waals surface area contributed by atoms with Gasteiger partial charge in [-0.3, -0.25) is 4.21 Å². The van der Waals surface area contributed by atoms with Gasteiger partial charge in [0.2, 0.25) is 0 Å². The molecule has 0 heterocycles. The molecule has 2 aliphatic carbocycles. The molecular formula is C16H28N2O2S. The summed E-state index contributed by atoms with van der Waals surface area (Å²) in [7, 11) is 2.65. The number of hydrazone groups is 1. The third-order valence-corrected chi connectivity index (χ3v) is 7.37. The van der Waals surface area contributed by atoms with E-state index in [0.29, 0.717) is 11.7 Å². The molecule has 0 aromatic heterocycles. The zero-order valence-electron chi connectivity index (χ0n) is 13.8. The molecule has 2 aliphatic rings. The van der Waals surface area contributed by atoms with E-state index >= 15 is 0 Å². The minimum absolute atomic E-state index is 0.0834. The van der Waals surface area contributed by atoms with Gasteiger partial charge in [-0.1, -0.05) is 13.8 Å². The normalized spacial score (nSPS) is 36.4. The molecule has 1 unspecified atom stereocenters. The Hall–Kier alpha value is -0.680. The van der Waals surface area contributed by atoms with Gasteiger partial charge in [0.05, 0.1) is 6.10 Å². The lowest BCUT2D eigenvalue weighted by Gasteiger charge is -2.40. The highest BCUT2D eigenvalue weighted by Crippen LogP contribution is 2.66. The van der Waals surface area contributed by atoms with Crippen LogP contribution in [-0.4, -0.2) is 46.5 Å². The van der Waals surface area contributed by atoms with Crippen molar-refractivity contribution in [2.75, 3.05) is 19.8 Å². The molecule has 120 valence electrons. The van der Waals surface area contributed by atoms with E-state index < -0.39 is 10.8 Å². The van der Waals surface area contributed by atoms with Crippen LogP contribution in [0, 0.1) is 16.7 Å². The second-order valence-corrected chi connectivity index (χ2v) is 8.87. The lowest BCUT2D eigenvalue weighted by molar-refractivity contribution is 0.0161. The smallest absolute Gasteiger partial charge is 0.0613 e. The molecule has 4 atom stereocenters. The minimum Gasteiger partial charge on any atom is -0.392 e. The van der Waals surface area contributed by atoms with E-state index in [1.807, 2.05) is 27.1 Å². The summed E-state index contributed by atoms with van der Waals surface area (Å²) in [6, 6.07) is 0. The fourth-order valence-corrected chi connectivity index (χ4v) is 5.69. The van der Waals surface area contributed by atoms with E-state index in [0.717, 1.165) is 24.2 Å². The second kappa shape index (κ2) is 5.84. The zero-order chi connectivity index (χ0) is 15.8. The highest BCUT2D eigenvalue weighted by molar-refractivity contribution is 7.89. The van der Waals surface area contributed by atoms with E-state index in [-0.39, 0.29) is 16.9 Å². The van der Waals surface area contributed by atoms with Crippen molar-refractivity contribution in [1.29, 1.82) is 0 Å². The highest BCUT2D eigenvalue weighted by Gasteiger charge is 2.64. The van der Waals surface area contributed by atoms with Crippen LogP contribution in [0.5, 0.6) is 0 Å². The molecule has 1 N–H and O–H groups in total. The van der Waals surface area contributed by atoms with Crippen molar-refractivity contribution in [3.63, 3.8) is 0 Å². The molecule has 0 saturated heterocycles. The van der Waals surface area contributed by atoms with Gasteiger partial charge in [0.15, 0.2) is 0 Å². The van der Waals surface area contributed by atoms with Crippen molar-refractivity contribution in [3.05, 3.63) is 11.0 Å². The average molecular weight is 312 g/mol. The maximum atomic E-state index is 12.6. The number of allylic oxidation sites excluding steroid dienone is 2. The summed E-state index contributed by atoms with van der Waals surface area (Å²) < 4.78 is 12.6. The molecule has 21 heavy (non-hydrogen) atoms. The summed E-state index contributed by atoms with van der Waals surface area (Å²) in [6.07, 6.45) is 6.21. The largest absolute Gasteiger partial charge is 0.392 e. The first kappa shape index (κ1) is 16.7. The number of aliphatic hydroxyl groups is 1. The first-order valence-corrected chi connectivity index (χ1v) is 8.97. The standard InChI is InChI=1S/C16H28N2O2S/c1-12(7-9-17-18(4)5)21(20)11-16-8-6-13(10-14(16)19)15(16,2)3/h7,9,13-14,19H,6,8,10-11H2,1-5H3/b12-7+,17-9+/t13-,14-,16-,21?/m1/s1. The van der Waals surface area contributed by atoms with Crippen LogP contribution >= 0.6 is 0 Å². The van der Waals surface area contributed by atoms with Gasteiger partial charge in [0, 0.05) is 47.2 Å². The Morgan fingerprint density at radius 3 is 2.62 bits per heavy atom. The molecule has 0 radical (unpaired) electrons. The Bertz CT molecular complexity index is 485. The van der Waals surface area contributed by atoms with Crippen LogP contribution in [0.4, 0.5) is 0 Å². The number of hydrogen-bond acceptors (Lipinski definition) is 4. The third-order valence-electron chi connectivity index (χ3n) is 5.74. The number of fused-ring (bicyclic) bond motifs is 2. The Morgan fingerprint density at radius 2 is 2.14 bits per heavy atom. The molecule has 5 heteroatoms. The summed E-state index contributed by atoms with van der Waals surface area (Å²) in [5, 5.41) is 16.3. The Morgan fingerprint density at radius 1 is 1.48 bits per heavy atom. The SMILES string of the molecule is C/C(=C\C=N\N(C)C)S(=O)C[C@]12CC[C@H](C[C@H]1O)C2(C)C. The molecule has 0 aromatic rings. The lowest BCUT2D eigenvalue weighted by atomic mass is 9.70. The van der Waals surface area contributed by atoms with Crippen LogP contribution in [0.15, 0.2) is 16.1 Å². The summed E-state index contributed by atoms with van der Waals surface area (Å²) in [6.45, 7) is 6.37. The van der Waals surface area contributed by atoms with Crippen molar-refractivity contribution in [2.24, 2.45) is 21.8 Å². The number of rotatable bonds is 5. The zero-order valence-corrected chi connectivity index (χ0v) is 14.6. The molecule has 2 bridgehead atoms. The van der Waals surface area contributed by atoms with Gasteiger partial charge in [-0.05, 0) is 43.6 Å². The van der Waals surface area contributed by atoms with Gasteiger partial charge < -0.3 is 10.1 Å². The van der Waals surface area contributed by atoms with Gasteiger partial charge in [-0.2, -0.15) is 5.10 Å². The van der Waals surface area contributed by atoms with Crippen LogP contribution in [0.1, 0.15) is 40.0 Å². The molecule has 4 nitrogen and oxygen atoms in total. The molecular weight excluding hydrogens is 284 g/mol. The number of hydrogen-bond donors (Lipinski definition) is 1. The first-order valence-electron chi connectivity index (χ1n) is 7.65. The molecule has 0 spiro atoms. The van der Waals surface area contributed by atoms with Crippen LogP contribution in [0.2, 0.25) is 0 Å². The number of aliphatic hydroxyl groups excluding tert-OH is 1. The maximum Gasteiger partial charge on any atom is 0.0613 e. The maximum absolute atomic E-state index is 12.6. The van der Waals surface area contributed by atoms with Gasteiger partial charge in [0.25, 0.3) is 0 Å². The summed E-state index contributed by atoms with van der Waals surface area (Å²) in [4.78, 5) is 0.827.